The molecule has 1 atom stereocenters. The minimum Gasteiger partial charge on any atom is -0.496 e. The molecule has 3 aromatic rings. The molecule has 30 heavy (non-hydrogen) atoms. The summed E-state index contributed by atoms with van der Waals surface area (Å²) >= 11 is 1.24. The zero-order valence-electron chi connectivity index (χ0n) is 16.7. The van der Waals surface area contributed by atoms with E-state index in [0.29, 0.717) is 37.7 Å². The second kappa shape index (κ2) is 8.16. The van der Waals surface area contributed by atoms with Gasteiger partial charge in [-0.3, -0.25) is 9.36 Å². The SMILES string of the molecule is CCOC(=O)C1=C(C)N=c2sc(=Cc3ccco3)c(=O)n2[C@H]1c1ccccc1OC. The number of hydrogen-bond donors (Lipinski definition) is 0. The number of nitrogens with zero attached hydrogens (tertiary/aromatic N) is 2. The van der Waals surface area contributed by atoms with Crippen molar-refractivity contribution < 1.29 is 18.7 Å². The van der Waals surface area contributed by atoms with E-state index in [-0.39, 0.29) is 12.2 Å². The third kappa shape index (κ3) is 3.39. The summed E-state index contributed by atoms with van der Waals surface area (Å²) in [4.78, 5) is 31.3. The first-order valence-corrected chi connectivity index (χ1v) is 10.2. The van der Waals surface area contributed by atoms with Gasteiger partial charge in [-0.2, -0.15) is 0 Å². The van der Waals surface area contributed by atoms with Crippen LogP contribution in [0.1, 0.15) is 31.2 Å². The van der Waals surface area contributed by atoms with Gasteiger partial charge in [0.25, 0.3) is 5.56 Å². The molecule has 3 heterocycles. The molecule has 1 aliphatic heterocycles. The highest BCUT2D eigenvalue weighted by molar-refractivity contribution is 7.07. The Morgan fingerprint density at radius 3 is 2.80 bits per heavy atom. The fourth-order valence-corrected chi connectivity index (χ4v) is 4.51. The minimum atomic E-state index is -0.713. The monoisotopic (exact) mass is 424 g/mol. The first-order valence-electron chi connectivity index (χ1n) is 9.41. The first-order chi connectivity index (χ1) is 14.5. The van der Waals surface area contributed by atoms with Crippen LogP contribution < -0.4 is 19.6 Å². The van der Waals surface area contributed by atoms with E-state index in [1.807, 2.05) is 18.2 Å². The maximum Gasteiger partial charge on any atom is 0.338 e. The number of carbonyl (C=O) groups is 1. The van der Waals surface area contributed by atoms with Crippen LogP contribution in [0.5, 0.6) is 5.75 Å². The van der Waals surface area contributed by atoms with Crippen LogP contribution in [0.2, 0.25) is 0 Å². The van der Waals surface area contributed by atoms with Gasteiger partial charge in [0.05, 0.1) is 35.8 Å². The van der Waals surface area contributed by atoms with Gasteiger partial charge in [0.1, 0.15) is 17.6 Å². The van der Waals surface area contributed by atoms with Gasteiger partial charge in [0, 0.05) is 11.6 Å². The fourth-order valence-electron chi connectivity index (χ4n) is 3.48. The molecule has 4 rings (SSSR count). The summed E-state index contributed by atoms with van der Waals surface area (Å²) in [7, 11) is 1.56. The summed E-state index contributed by atoms with van der Waals surface area (Å²) in [5, 5.41) is 0. The van der Waals surface area contributed by atoms with Crippen molar-refractivity contribution in [2.75, 3.05) is 13.7 Å². The number of esters is 1. The predicted molar refractivity (Wildman–Crippen MR) is 112 cm³/mol. The van der Waals surface area contributed by atoms with Crippen molar-refractivity contribution in [3.8, 4) is 5.75 Å². The summed E-state index contributed by atoms with van der Waals surface area (Å²) in [5.74, 6) is 0.630. The molecule has 0 N–H and O–H groups in total. The minimum absolute atomic E-state index is 0.219. The Hall–Kier alpha value is -3.39. The molecule has 7 nitrogen and oxygen atoms in total. The lowest BCUT2D eigenvalue weighted by atomic mass is 9.95. The van der Waals surface area contributed by atoms with Crippen LogP contribution in [0.3, 0.4) is 0 Å². The maximum absolute atomic E-state index is 13.4. The average molecular weight is 424 g/mol. The standard InChI is InChI=1S/C22H20N2O5S/c1-4-28-21(26)18-13(2)23-22-24(19(18)15-9-5-6-10-16(15)27-3)20(25)17(30-22)12-14-8-7-11-29-14/h5-12,19H,4H2,1-3H3/t19-/m0/s1. The highest BCUT2D eigenvalue weighted by Crippen LogP contribution is 2.35. The molecule has 0 radical (unpaired) electrons. The average Bonchev–Trinajstić information content (AvgIpc) is 3.35. The van der Waals surface area contributed by atoms with Crippen molar-refractivity contribution in [2.24, 2.45) is 4.99 Å². The maximum atomic E-state index is 13.4. The number of thiazole rings is 1. The number of allylic oxidation sites excluding steroid dienone is 1. The Labute approximate surface area is 176 Å². The van der Waals surface area contributed by atoms with Crippen LogP contribution in [-0.4, -0.2) is 24.3 Å². The Morgan fingerprint density at radius 1 is 1.30 bits per heavy atom. The molecule has 154 valence electrons. The Morgan fingerprint density at radius 2 is 2.10 bits per heavy atom. The Bertz CT molecular complexity index is 1300. The van der Waals surface area contributed by atoms with Crippen molar-refractivity contribution in [3.63, 3.8) is 0 Å². The smallest absolute Gasteiger partial charge is 0.338 e. The number of carbonyl (C=O) groups excluding carboxylic acids is 1. The molecule has 1 aliphatic rings. The third-order valence-corrected chi connectivity index (χ3v) is 5.75. The van der Waals surface area contributed by atoms with Crippen LogP contribution in [-0.2, 0) is 9.53 Å². The molecule has 0 spiro atoms. The van der Waals surface area contributed by atoms with E-state index in [9.17, 15) is 9.59 Å². The lowest BCUT2D eigenvalue weighted by molar-refractivity contribution is -0.139. The molecular formula is C22H20N2O5S. The number of rotatable bonds is 5. The van der Waals surface area contributed by atoms with Crippen molar-refractivity contribution in [2.45, 2.75) is 19.9 Å². The van der Waals surface area contributed by atoms with Gasteiger partial charge in [0.15, 0.2) is 4.80 Å². The van der Waals surface area contributed by atoms with Crippen molar-refractivity contribution >= 4 is 23.4 Å². The second-order valence-corrected chi connectivity index (χ2v) is 7.57. The van der Waals surface area contributed by atoms with Gasteiger partial charge in [-0.05, 0) is 32.0 Å². The number of fused-ring (bicyclic) bond motifs is 1. The topological polar surface area (TPSA) is 83.0 Å². The molecule has 0 saturated heterocycles. The van der Waals surface area contributed by atoms with Gasteiger partial charge < -0.3 is 13.9 Å². The summed E-state index contributed by atoms with van der Waals surface area (Å²) in [6.45, 7) is 3.71. The zero-order valence-corrected chi connectivity index (χ0v) is 17.6. The molecule has 0 amide bonds. The van der Waals surface area contributed by atoms with Crippen LogP contribution in [0, 0.1) is 0 Å². The van der Waals surface area contributed by atoms with Gasteiger partial charge in [-0.1, -0.05) is 29.5 Å². The number of methoxy groups -OCH3 is 1. The van der Waals surface area contributed by atoms with Gasteiger partial charge >= 0.3 is 5.97 Å². The van der Waals surface area contributed by atoms with Crippen LogP contribution in [0.4, 0.5) is 0 Å². The molecule has 2 aromatic heterocycles. The van der Waals surface area contributed by atoms with E-state index >= 15 is 0 Å². The van der Waals surface area contributed by atoms with Gasteiger partial charge in [0.2, 0.25) is 0 Å². The first kappa shape index (κ1) is 19.9. The lowest BCUT2D eigenvalue weighted by Crippen LogP contribution is -2.40. The second-order valence-electron chi connectivity index (χ2n) is 6.56. The van der Waals surface area contributed by atoms with E-state index in [4.69, 9.17) is 13.9 Å². The summed E-state index contributed by atoms with van der Waals surface area (Å²) in [5.41, 5.74) is 1.25. The number of benzene rings is 1. The summed E-state index contributed by atoms with van der Waals surface area (Å²) in [6, 6.07) is 10.1. The molecular weight excluding hydrogens is 404 g/mol. The molecule has 1 aromatic carbocycles. The zero-order chi connectivity index (χ0) is 21.3. The number of hydrogen-bond acceptors (Lipinski definition) is 7. The van der Waals surface area contributed by atoms with Gasteiger partial charge in [-0.25, -0.2) is 9.79 Å². The molecule has 0 aliphatic carbocycles. The number of ether oxygens (including phenoxy) is 2. The molecule has 0 bridgehead atoms. The van der Waals surface area contributed by atoms with E-state index in [0.717, 1.165) is 0 Å². The van der Waals surface area contributed by atoms with Crippen LogP contribution >= 0.6 is 11.3 Å². The molecule has 0 unspecified atom stereocenters. The van der Waals surface area contributed by atoms with E-state index < -0.39 is 12.0 Å². The van der Waals surface area contributed by atoms with Gasteiger partial charge in [-0.15, -0.1) is 0 Å². The Balaban J connectivity index is 2.01. The van der Waals surface area contributed by atoms with Crippen molar-refractivity contribution in [3.05, 3.63) is 84.9 Å². The van der Waals surface area contributed by atoms with Crippen LogP contribution in [0.25, 0.3) is 6.08 Å². The number of aromatic nitrogens is 1. The fraction of sp³-hybridized carbons (Fsp3) is 0.227. The number of furan rings is 1. The predicted octanol–water partition coefficient (Wildman–Crippen LogP) is 2.40. The molecule has 0 fully saturated rings. The quantitative estimate of drug-likeness (QED) is 0.588. The van der Waals surface area contributed by atoms with E-state index in [1.165, 1.54) is 15.9 Å². The van der Waals surface area contributed by atoms with Crippen molar-refractivity contribution in [1.29, 1.82) is 0 Å². The normalized spacial score (nSPS) is 16.2. The largest absolute Gasteiger partial charge is 0.496 e. The van der Waals surface area contributed by atoms with E-state index in [1.54, 1.807) is 51.5 Å². The molecule has 8 heteroatoms. The van der Waals surface area contributed by atoms with Crippen molar-refractivity contribution in [1.82, 2.24) is 4.57 Å². The highest BCUT2D eigenvalue weighted by atomic mass is 32.1. The lowest BCUT2D eigenvalue weighted by Gasteiger charge is -2.25. The summed E-state index contributed by atoms with van der Waals surface area (Å²) < 4.78 is 18.2. The Kier molecular flexibility index (Phi) is 5.41. The highest BCUT2D eigenvalue weighted by Gasteiger charge is 2.34. The van der Waals surface area contributed by atoms with E-state index in [2.05, 4.69) is 4.99 Å². The number of para-hydroxylation sites is 1. The third-order valence-electron chi connectivity index (χ3n) is 4.77. The molecule has 0 saturated carbocycles. The summed E-state index contributed by atoms with van der Waals surface area (Å²) in [6.07, 6.45) is 3.22. The van der Waals surface area contributed by atoms with Crippen LogP contribution in [0.15, 0.2) is 68.1 Å².